The number of benzene rings is 1. The smallest absolute Gasteiger partial charge is 0.318 e. The molecule has 0 aromatic heterocycles. The van der Waals surface area contributed by atoms with E-state index in [0.717, 1.165) is 5.56 Å². The number of imide groups is 1. The zero-order valence-corrected chi connectivity index (χ0v) is 11.7. The Kier molecular flexibility index (Phi) is 5.33. The molecule has 1 rings (SSSR count). The van der Waals surface area contributed by atoms with Gasteiger partial charge in [0, 0.05) is 6.04 Å². The fourth-order valence-electron chi connectivity index (χ4n) is 1.53. The maximum Gasteiger partial charge on any atom is 0.318 e. The summed E-state index contributed by atoms with van der Waals surface area (Å²) in [5.41, 5.74) is 11.5. The number of hydrogen-bond donors (Lipinski definition) is 3. The van der Waals surface area contributed by atoms with Gasteiger partial charge >= 0.3 is 6.03 Å². The Labute approximate surface area is 117 Å². The van der Waals surface area contributed by atoms with E-state index >= 15 is 0 Å². The lowest BCUT2D eigenvalue weighted by atomic mass is 10.1. The van der Waals surface area contributed by atoms with Crippen molar-refractivity contribution >= 4 is 11.9 Å². The van der Waals surface area contributed by atoms with Crippen molar-refractivity contribution < 1.29 is 19.1 Å². The summed E-state index contributed by atoms with van der Waals surface area (Å²) in [5, 5.41) is 1.94. The van der Waals surface area contributed by atoms with Crippen molar-refractivity contribution in [1.29, 1.82) is 0 Å². The largest absolute Gasteiger partial charge is 0.493 e. The highest BCUT2D eigenvalue weighted by molar-refractivity contribution is 5.95. The summed E-state index contributed by atoms with van der Waals surface area (Å²) >= 11 is 0. The second-order valence-electron chi connectivity index (χ2n) is 4.31. The van der Waals surface area contributed by atoms with Crippen LogP contribution in [0.1, 0.15) is 25.5 Å². The third-order valence-electron chi connectivity index (χ3n) is 2.63. The number of nitrogens with two attached hydrogens (primary N) is 2. The fourth-order valence-corrected chi connectivity index (χ4v) is 1.53. The minimum atomic E-state index is -0.926. The molecule has 20 heavy (non-hydrogen) atoms. The Hall–Kier alpha value is -2.28. The molecule has 0 bridgehead atoms. The minimum absolute atomic E-state index is 0.145. The van der Waals surface area contributed by atoms with Crippen LogP contribution in [0.25, 0.3) is 0 Å². The molecule has 0 radical (unpaired) electrons. The quantitative estimate of drug-likeness (QED) is 0.733. The van der Waals surface area contributed by atoms with Crippen LogP contribution in [-0.4, -0.2) is 25.2 Å². The lowest BCUT2D eigenvalue weighted by Crippen LogP contribution is -2.42. The van der Waals surface area contributed by atoms with E-state index < -0.39 is 18.0 Å². The molecule has 5 N–H and O–H groups in total. The summed E-state index contributed by atoms with van der Waals surface area (Å²) in [6.07, 6.45) is -0.891. The van der Waals surface area contributed by atoms with Gasteiger partial charge in [-0.25, -0.2) is 4.79 Å². The van der Waals surface area contributed by atoms with Crippen LogP contribution in [-0.2, 0) is 4.79 Å². The molecule has 0 aliphatic rings. The summed E-state index contributed by atoms with van der Waals surface area (Å²) in [6.45, 7) is 3.34. The number of carbonyl (C=O) groups is 2. The van der Waals surface area contributed by atoms with Gasteiger partial charge in [0.1, 0.15) is 0 Å². The molecule has 1 aromatic carbocycles. The molecular weight excluding hydrogens is 262 g/mol. The van der Waals surface area contributed by atoms with Gasteiger partial charge in [0.25, 0.3) is 5.91 Å². The summed E-state index contributed by atoms with van der Waals surface area (Å²) in [6, 6.07) is 4.10. The monoisotopic (exact) mass is 281 g/mol. The van der Waals surface area contributed by atoms with E-state index in [2.05, 4.69) is 0 Å². The van der Waals surface area contributed by atoms with Gasteiger partial charge in [-0.15, -0.1) is 0 Å². The normalized spacial score (nSPS) is 13.2. The van der Waals surface area contributed by atoms with Crippen LogP contribution in [0, 0.1) is 0 Å². The number of hydrogen-bond acceptors (Lipinski definition) is 5. The van der Waals surface area contributed by atoms with Crippen LogP contribution >= 0.6 is 0 Å². The minimum Gasteiger partial charge on any atom is -0.493 e. The first-order chi connectivity index (χ1) is 9.35. The number of ether oxygens (including phenoxy) is 2. The van der Waals surface area contributed by atoms with Gasteiger partial charge in [-0.1, -0.05) is 6.07 Å². The summed E-state index contributed by atoms with van der Waals surface area (Å²) in [7, 11) is 1.49. The van der Waals surface area contributed by atoms with Crippen LogP contribution in [0.15, 0.2) is 18.2 Å². The molecule has 0 heterocycles. The Balaban J connectivity index is 2.86. The van der Waals surface area contributed by atoms with Gasteiger partial charge < -0.3 is 20.9 Å². The molecule has 7 heteroatoms. The number of carbonyl (C=O) groups excluding carboxylic acids is 2. The van der Waals surface area contributed by atoms with E-state index in [1.54, 1.807) is 18.2 Å². The van der Waals surface area contributed by atoms with E-state index in [9.17, 15) is 9.59 Å². The average molecular weight is 281 g/mol. The van der Waals surface area contributed by atoms with Crippen molar-refractivity contribution in [3.63, 3.8) is 0 Å². The van der Waals surface area contributed by atoms with E-state index in [1.165, 1.54) is 14.0 Å². The van der Waals surface area contributed by atoms with Crippen LogP contribution in [0.2, 0.25) is 0 Å². The molecule has 7 nitrogen and oxygen atoms in total. The van der Waals surface area contributed by atoms with E-state index in [1.807, 2.05) is 12.2 Å². The molecule has 1 aromatic rings. The molecule has 110 valence electrons. The molecule has 0 aliphatic carbocycles. The van der Waals surface area contributed by atoms with E-state index in [4.69, 9.17) is 20.9 Å². The molecule has 0 spiro atoms. The molecular formula is C13H19N3O4. The second-order valence-corrected chi connectivity index (χ2v) is 4.31. The lowest BCUT2D eigenvalue weighted by molar-refractivity contribution is -0.126. The molecule has 2 unspecified atom stereocenters. The average Bonchev–Trinajstić information content (AvgIpc) is 2.37. The van der Waals surface area contributed by atoms with Crippen LogP contribution in [0.4, 0.5) is 4.79 Å². The highest BCUT2D eigenvalue weighted by atomic mass is 16.5. The number of urea groups is 1. The Morgan fingerprint density at radius 1 is 1.25 bits per heavy atom. The summed E-state index contributed by atoms with van der Waals surface area (Å²) in [5.74, 6) is 0.207. The standard InChI is InChI=1S/C13H19N3O4/c1-7(14)9-4-5-10(11(6-9)19-3)20-8(2)12(17)16-13(15)18/h4-8H,14H2,1-3H3,(H3,15,16,17,18). The number of amides is 3. The van der Waals surface area contributed by atoms with Crippen molar-refractivity contribution in [2.45, 2.75) is 26.0 Å². The molecule has 2 atom stereocenters. The van der Waals surface area contributed by atoms with Gasteiger partial charge in [-0.2, -0.15) is 0 Å². The highest BCUT2D eigenvalue weighted by Crippen LogP contribution is 2.30. The van der Waals surface area contributed by atoms with Gasteiger partial charge in [0.05, 0.1) is 7.11 Å². The van der Waals surface area contributed by atoms with Gasteiger partial charge in [0.2, 0.25) is 0 Å². The van der Waals surface area contributed by atoms with Crippen molar-refractivity contribution in [3.05, 3.63) is 23.8 Å². The van der Waals surface area contributed by atoms with E-state index in [0.29, 0.717) is 11.5 Å². The first-order valence-corrected chi connectivity index (χ1v) is 6.05. The first-order valence-electron chi connectivity index (χ1n) is 6.05. The van der Waals surface area contributed by atoms with Crippen molar-refractivity contribution in [2.75, 3.05) is 7.11 Å². The zero-order valence-electron chi connectivity index (χ0n) is 11.7. The SMILES string of the molecule is COc1cc(C(C)N)ccc1OC(C)C(=O)NC(N)=O. The third-order valence-corrected chi connectivity index (χ3v) is 2.63. The molecule has 3 amide bonds. The summed E-state index contributed by atoms with van der Waals surface area (Å²) < 4.78 is 10.6. The van der Waals surface area contributed by atoms with Crippen LogP contribution in [0.3, 0.4) is 0 Å². The Morgan fingerprint density at radius 3 is 2.40 bits per heavy atom. The maximum atomic E-state index is 11.5. The Morgan fingerprint density at radius 2 is 1.90 bits per heavy atom. The molecule has 0 aliphatic heterocycles. The number of rotatable bonds is 5. The van der Waals surface area contributed by atoms with Crippen LogP contribution < -0.4 is 26.3 Å². The second kappa shape index (κ2) is 6.76. The van der Waals surface area contributed by atoms with Crippen molar-refractivity contribution in [1.82, 2.24) is 5.32 Å². The van der Waals surface area contributed by atoms with Crippen molar-refractivity contribution in [3.8, 4) is 11.5 Å². The molecule has 0 saturated heterocycles. The van der Waals surface area contributed by atoms with Gasteiger partial charge in [-0.3, -0.25) is 10.1 Å². The molecule has 0 saturated carbocycles. The zero-order chi connectivity index (χ0) is 15.3. The Bertz CT molecular complexity index is 502. The molecule has 0 fully saturated rings. The lowest BCUT2D eigenvalue weighted by Gasteiger charge is -2.17. The number of nitrogens with one attached hydrogen (secondary N) is 1. The third kappa shape index (κ3) is 4.13. The van der Waals surface area contributed by atoms with Gasteiger partial charge in [-0.05, 0) is 31.5 Å². The van der Waals surface area contributed by atoms with Crippen LogP contribution in [0.5, 0.6) is 11.5 Å². The fraction of sp³-hybridized carbons (Fsp3) is 0.385. The number of primary amides is 1. The number of methoxy groups -OCH3 is 1. The van der Waals surface area contributed by atoms with Crippen molar-refractivity contribution in [2.24, 2.45) is 11.5 Å². The van der Waals surface area contributed by atoms with E-state index in [-0.39, 0.29) is 6.04 Å². The van der Waals surface area contributed by atoms with Gasteiger partial charge in [0.15, 0.2) is 17.6 Å². The predicted molar refractivity (Wildman–Crippen MR) is 73.4 cm³/mol. The first kappa shape index (κ1) is 15.8. The summed E-state index contributed by atoms with van der Waals surface area (Å²) in [4.78, 5) is 22.1. The maximum absolute atomic E-state index is 11.5. The highest BCUT2D eigenvalue weighted by Gasteiger charge is 2.18. The topological polar surface area (TPSA) is 117 Å². The predicted octanol–water partition coefficient (Wildman–Crippen LogP) is 0.677.